The van der Waals surface area contributed by atoms with E-state index in [1.165, 1.54) is 6.92 Å². The van der Waals surface area contributed by atoms with Gasteiger partial charge in [-0.15, -0.1) is 0 Å². The van der Waals surface area contributed by atoms with Crippen LogP contribution in [-0.2, 0) is 37.9 Å². The Balaban J connectivity index is 0.929. The molecule has 0 aromatic rings. The number of aliphatic hydroxyl groups is 10. The predicted octanol–water partition coefficient (Wildman–Crippen LogP) is -0.817. The van der Waals surface area contributed by atoms with Crippen LogP contribution < -0.4 is 0 Å². The van der Waals surface area contributed by atoms with E-state index in [0.29, 0.717) is 31.8 Å². The molecule has 0 amide bonds. The first-order chi connectivity index (χ1) is 29.7. The molecule has 3 saturated carbocycles. The fourth-order valence-corrected chi connectivity index (χ4v) is 14.1. The van der Waals surface area contributed by atoms with Gasteiger partial charge in [-0.2, -0.15) is 0 Å². The maximum atomic E-state index is 11.4. The predicted molar refractivity (Wildman–Crippen MR) is 216 cm³/mol. The third-order valence-corrected chi connectivity index (χ3v) is 17.9. The first-order valence-electron chi connectivity index (χ1n) is 23.4. The normalized spacial score (nSPS) is 59.3. The smallest absolute Gasteiger partial charge is 0.187 e. The lowest BCUT2D eigenvalue weighted by molar-refractivity contribution is -0.371. The van der Waals surface area contributed by atoms with Crippen molar-refractivity contribution in [2.24, 2.45) is 46.3 Å². The molecule has 28 atom stereocenters. The molecule has 18 heteroatoms. The van der Waals surface area contributed by atoms with Crippen LogP contribution in [0, 0.1) is 46.3 Å². The van der Waals surface area contributed by atoms with Crippen LogP contribution in [0.1, 0.15) is 86.5 Å². The van der Waals surface area contributed by atoms with E-state index in [2.05, 4.69) is 26.8 Å². The Kier molecular flexibility index (Phi) is 12.9. The van der Waals surface area contributed by atoms with Crippen molar-refractivity contribution in [3.8, 4) is 0 Å². The zero-order valence-electron chi connectivity index (χ0n) is 37.1. The number of fused-ring (bicyclic) bond motifs is 7. The zero-order chi connectivity index (χ0) is 45.2. The average Bonchev–Trinajstić information content (AvgIpc) is 3.69. The van der Waals surface area contributed by atoms with Crippen LogP contribution in [0.4, 0.5) is 0 Å². The van der Waals surface area contributed by atoms with E-state index in [1.54, 1.807) is 6.92 Å². The minimum atomic E-state index is -1.66. The standard InChI is InChI=1S/C45H72O18/c1-17-16-56-45(14-27(17)59-41-38(55)35(52)33(50)28(15-46)60-41)18(2)30-26(63-45)13-25-23-8-7-21-11-22(47)12-29(44(21,6)24(23)9-10-43(25,30)5)61-42-39(36(53)32(49)20(4)58-42)62-40-37(54)34(51)31(48)19(3)57-40/h7,17-20,22-42,46-55H,8-16H2,1-6H3/t17-,18+,19+,20-,22-,23-,24+,25+,26+,27+,28-,29-,30+,31+,32+,33-,34-,35+,36+,37-,38-,39-,40+,41-,42+,43+,44+,45-/m1/s1. The van der Waals surface area contributed by atoms with E-state index in [0.717, 1.165) is 31.3 Å². The summed E-state index contributed by atoms with van der Waals surface area (Å²) in [6, 6.07) is 0. The molecule has 5 heterocycles. The van der Waals surface area contributed by atoms with E-state index in [-0.39, 0.29) is 41.1 Å². The summed E-state index contributed by atoms with van der Waals surface area (Å²) in [5.41, 5.74) is 0.477. The van der Waals surface area contributed by atoms with Crippen molar-refractivity contribution >= 4 is 0 Å². The summed E-state index contributed by atoms with van der Waals surface area (Å²) in [6.45, 7) is 11.7. The molecule has 0 unspecified atom stereocenters. The summed E-state index contributed by atoms with van der Waals surface area (Å²) in [5.74, 6) is -0.167. The Bertz CT molecular complexity index is 1670. The highest BCUT2D eigenvalue weighted by atomic mass is 16.8. The van der Waals surface area contributed by atoms with Crippen molar-refractivity contribution < 1.29 is 89.0 Å². The molecule has 63 heavy (non-hydrogen) atoms. The van der Waals surface area contributed by atoms with Gasteiger partial charge in [0.25, 0.3) is 0 Å². The van der Waals surface area contributed by atoms with Crippen molar-refractivity contribution in [1.82, 2.24) is 0 Å². The fraction of sp³-hybridized carbons (Fsp3) is 0.956. The van der Waals surface area contributed by atoms with E-state index in [1.807, 2.05) is 6.92 Å². The van der Waals surface area contributed by atoms with Crippen LogP contribution in [0.5, 0.6) is 0 Å². The molecular formula is C45H72O18. The first-order valence-corrected chi connectivity index (χ1v) is 23.4. The molecule has 10 N–H and O–H groups in total. The summed E-state index contributed by atoms with van der Waals surface area (Å²) in [4.78, 5) is 0. The molecule has 0 aromatic heterocycles. The Hall–Kier alpha value is -0.980. The maximum absolute atomic E-state index is 11.4. The highest BCUT2D eigenvalue weighted by Crippen LogP contribution is 2.71. The van der Waals surface area contributed by atoms with E-state index >= 15 is 0 Å². The van der Waals surface area contributed by atoms with Gasteiger partial charge in [-0.05, 0) is 75.0 Å². The van der Waals surface area contributed by atoms with Gasteiger partial charge >= 0.3 is 0 Å². The highest BCUT2D eigenvalue weighted by Gasteiger charge is 2.70. The summed E-state index contributed by atoms with van der Waals surface area (Å²) in [7, 11) is 0. The lowest BCUT2D eigenvalue weighted by Gasteiger charge is -2.60. The molecule has 0 radical (unpaired) electrons. The van der Waals surface area contributed by atoms with Crippen LogP contribution in [-0.4, -0.2) is 187 Å². The number of rotatable bonds is 7. The Labute approximate surface area is 368 Å². The van der Waals surface area contributed by atoms with Gasteiger partial charge in [0.1, 0.15) is 61.0 Å². The monoisotopic (exact) mass is 900 g/mol. The van der Waals surface area contributed by atoms with E-state index < -0.39 is 128 Å². The number of hydrogen-bond acceptors (Lipinski definition) is 18. The molecule has 4 aliphatic carbocycles. The van der Waals surface area contributed by atoms with Gasteiger partial charge < -0.3 is 89.0 Å². The molecule has 360 valence electrons. The third kappa shape index (κ3) is 7.53. The Morgan fingerprint density at radius 1 is 0.714 bits per heavy atom. The summed E-state index contributed by atoms with van der Waals surface area (Å²) in [6.07, 6.45) is -15.1. The van der Waals surface area contributed by atoms with Gasteiger partial charge in [0.05, 0.1) is 49.8 Å². The number of allylic oxidation sites excluding steroid dienone is 1. The molecule has 9 rings (SSSR count). The quantitative estimate of drug-likeness (QED) is 0.140. The number of ether oxygens (including phenoxy) is 8. The lowest BCUT2D eigenvalue weighted by atomic mass is 9.46. The zero-order valence-corrected chi connectivity index (χ0v) is 37.1. The van der Waals surface area contributed by atoms with Gasteiger partial charge in [0, 0.05) is 30.1 Å². The summed E-state index contributed by atoms with van der Waals surface area (Å²) < 4.78 is 50.8. The second kappa shape index (κ2) is 17.2. The number of hydrogen-bond donors (Lipinski definition) is 10. The minimum Gasteiger partial charge on any atom is -0.394 e. The molecule has 9 aliphatic rings. The molecule has 0 bridgehead atoms. The SMILES string of the molecule is C[C@@H]1CO[C@]2(C[C@@H]1O[C@@H]1O[C@H](CO)[C@@H](O)[C@H](O)[C@H]1O)O[C@H]1C[C@H]3[C@@H]4CC=C5C[C@@H](O)C[C@@H](O[C@@H]6O[C@H](C)[C@H](O)[C@H](O)[C@H]6O[C@@H]6O[C@@H](C)[C@H](O)[C@@H](O)[C@H]6O)[C@]5(C)[C@H]4CC[C@]3(C)[C@H]1[C@@H]2C. The van der Waals surface area contributed by atoms with E-state index in [9.17, 15) is 51.1 Å². The van der Waals surface area contributed by atoms with Crippen LogP contribution in [0.3, 0.4) is 0 Å². The molecule has 0 aromatic carbocycles. The molecule has 1 spiro atoms. The average molecular weight is 901 g/mol. The first kappa shape index (κ1) is 47.1. The van der Waals surface area contributed by atoms with Crippen LogP contribution >= 0.6 is 0 Å². The van der Waals surface area contributed by atoms with Gasteiger partial charge in [-0.25, -0.2) is 0 Å². The Morgan fingerprint density at radius 2 is 1.37 bits per heavy atom. The van der Waals surface area contributed by atoms with Crippen LogP contribution in [0.2, 0.25) is 0 Å². The van der Waals surface area contributed by atoms with Crippen LogP contribution in [0.25, 0.3) is 0 Å². The second-order valence-corrected chi connectivity index (χ2v) is 21.2. The molecule has 5 saturated heterocycles. The Morgan fingerprint density at radius 3 is 2.06 bits per heavy atom. The third-order valence-electron chi connectivity index (χ3n) is 17.9. The molecule has 5 aliphatic heterocycles. The van der Waals surface area contributed by atoms with Gasteiger partial charge in [-0.1, -0.05) is 39.3 Å². The largest absolute Gasteiger partial charge is 0.394 e. The molecule has 18 nitrogen and oxygen atoms in total. The number of aliphatic hydroxyl groups excluding tert-OH is 10. The van der Waals surface area contributed by atoms with Gasteiger partial charge in [-0.3, -0.25) is 0 Å². The van der Waals surface area contributed by atoms with Crippen molar-refractivity contribution in [2.45, 2.75) is 209 Å². The molecule has 8 fully saturated rings. The minimum absolute atomic E-state index is 0.0168. The van der Waals surface area contributed by atoms with E-state index in [4.69, 9.17) is 37.9 Å². The van der Waals surface area contributed by atoms with Crippen molar-refractivity contribution in [3.63, 3.8) is 0 Å². The van der Waals surface area contributed by atoms with Crippen molar-refractivity contribution in [1.29, 1.82) is 0 Å². The van der Waals surface area contributed by atoms with Crippen molar-refractivity contribution in [3.05, 3.63) is 11.6 Å². The second-order valence-electron chi connectivity index (χ2n) is 21.2. The van der Waals surface area contributed by atoms with Crippen molar-refractivity contribution in [2.75, 3.05) is 13.2 Å². The maximum Gasteiger partial charge on any atom is 0.187 e. The lowest BCUT2D eigenvalue weighted by Crippen LogP contribution is -2.64. The van der Waals surface area contributed by atoms with Gasteiger partial charge in [0.15, 0.2) is 24.7 Å². The summed E-state index contributed by atoms with van der Waals surface area (Å²) in [5, 5.41) is 107. The fourth-order valence-electron chi connectivity index (χ4n) is 14.1. The van der Waals surface area contributed by atoms with Gasteiger partial charge in [0.2, 0.25) is 0 Å². The summed E-state index contributed by atoms with van der Waals surface area (Å²) >= 11 is 0. The van der Waals surface area contributed by atoms with Crippen LogP contribution in [0.15, 0.2) is 11.6 Å². The topological polar surface area (TPSA) is 276 Å². The molecular weight excluding hydrogens is 828 g/mol. The highest BCUT2D eigenvalue weighted by molar-refractivity contribution is 5.29.